The third-order valence-electron chi connectivity index (χ3n) is 7.26. The number of hydrogen-bond donors (Lipinski definition) is 0. The van der Waals surface area contributed by atoms with Crippen molar-refractivity contribution < 1.29 is 4.79 Å². The smallest absolute Gasteiger partial charge is 0.209 e. The Hall–Kier alpha value is -2.61. The molecule has 2 nitrogen and oxygen atoms in total. The van der Waals surface area contributed by atoms with Gasteiger partial charge >= 0.3 is 0 Å². The molecule has 0 aliphatic heterocycles. The Kier molecular flexibility index (Phi) is 6.06. The number of ketones is 1. The summed E-state index contributed by atoms with van der Waals surface area (Å²) in [6.07, 6.45) is 13.3. The molecule has 31 heavy (non-hydrogen) atoms. The van der Waals surface area contributed by atoms with E-state index in [2.05, 4.69) is 34.9 Å². The van der Waals surface area contributed by atoms with Gasteiger partial charge in [0.05, 0.1) is 11.4 Å². The highest BCUT2D eigenvalue weighted by Gasteiger charge is 2.32. The van der Waals surface area contributed by atoms with Crippen molar-refractivity contribution in [2.75, 3.05) is 0 Å². The van der Waals surface area contributed by atoms with Crippen molar-refractivity contribution in [2.24, 2.45) is 0 Å². The van der Waals surface area contributed by atoms with E-state index in [9.17, 15) is 4.79 Å². The molecule has 0 spiro atoms. The van der Waals surface area contributed by atoms with Crippen LogP contribution >= 0.6 is 0 Å². The van der Waals surface area contributed by atoms with Crippen LogP contribution in [0.5, 0.6) is 0 Å². The molecule has 1 heterocycles. The zero-order valence-electron chi connectivity index (χ0n) is 18.5. The van der Waals surface area contributed by atoms with Crippen LogP contribution in [0.4, 0.5) is 0 Å². The molecule has 2 heteroatoms. The first-order chi connectivity index (χ1) is 15.3. The molecule has 0 unspecified atom stereocenters. The maximum atomic E-state index is 14.0. The predicted molar refractivity (Wildman–Crippen MR) is 128 cm³/mol. The van der Waals surface area contributed by atoms with Crippen molar-refractivity contribution in [3.8, 4) is 11.3 Å². The van der Waals surface area contributed by atoms with Gasteiger partial charge in [-0.15, -0.1) is 0 Å². The maximum Gasteiger partial charge on any atom is 0.209 e. The van der Waals surface area contributed by atoms with Crippen LogP contribution in [0, 0.1) is 0 Å². The van der Waals surface area contributed by atoms with Gasteiger partial charge in [0.15, 0.2) is 0 Å². The Bertz CT molecular complexity index is 1030. The highest BCUT2D eigenvalue weighted by molar-refractivity contribution is 6.10. The predicted octanol–water partition coefficient (Wildman–Crippen LogP) is 7.55. The number of hydrogen-bond acceptors (Lipinski definition) is 1. The molecule has 0 amide bonds. The summed E-state index contributed by atoms with van der Waals surface area (Å²) in [4.78, 5) is 14.0. The summed E-state index contributed by atoms with van der Waals surface area (Å²) in [5.41, 5.74) is 7.23. The van der Waals surface area contributed by atoms with E-state index < -0.39 is 0 Å². The third kappa shape index (κ3) is 4.01. The first-order valence-corrected chi connectivity index (χ1v) is 12.3. The zero-order chi connectivity index (χ0) is 21.0. The largest absolute Gasteiger partial charge is 0.334 e. The fraction of sp³-hybridized carbons (Fsp3) is 0.414. The van der Waals surface area contributed by atoms with Crippen molar-refractivity contribution in [1.29, 1.82) is 0 Å². The molecular formula is C29H33NO. The van der Waals surface area contributed by atoms with Gasteiger partial charge in [0, 0.05) is 11.6 Å². The van der Waals surface area contributed by atoms with Crippen LogP contribution in [0.15, 0.2) is 60.7 Å². The lowest BCUT2D eigenvalue weighted by atomic mass is 9.91. The van der Waals surface area contributed by atoms with Gasteiger partial charge in [0.1, 0.15) is 0 Å². The molecule has 2 aliphatic rings. The lowest BCUT2D eigenvalue weighted by Gasteiger charge is -2.28. The van der Waals surface area contributed by atoms with Crippen molar-refractivity contribution in [3.63, 3.8) is 0 Å². The van der Waals surface area contributed by atoms with Crippen molar-refractivity contribution in [2.45, 2.75) is 76.7 Å². The summed E-state index contributed by atoms with van der Waals surface area (Å²) < 4.78 is 2.51. The minimum atomic E-state index is 0.213. The fourth-order valence-electron chi connectivity index (χ4n) is 5.77. The second-order valence-corrected chi connectivity index (χ2v) is 9.29. The summed E-state index contributed by atoms with van der Waals surface area (Å²) in [7, 11) is 0. The molecule has 5 rings (SSSR count). The molecule has 0 bridgehead atoms. The molecule has 0 radical (unpaired) electrons. The van der Waals surface area contributed by atoms with Crippen molar-refractivity contribution >= 4 is 5.78 Å². The SMILES string of the molecule is O=C(c1ccccc1)c1c2c(c(-c3ccccc3)n1C1CCCCC1)CCCCCC2. The van der Waals surface area contributed by atoms with E-state index in [1.165, 1.54) is 80.2 Å². The Morgan fingerprint density at radius 2 is 1.26 bits per heavy atom. The van der Waals surface area contributed by atoms with Gasteiger partial charge in [-0.25, -0.2) is 0 Å². The normalized spacial score (nSPS) is 17.5. The number of aromatic nitrogens is 1. The molecule has 1 aromatic heterocycles. The molecule has 2 aliphatic carbocycles. The Labute approximate surface area is 186 Å². The van der Waals surface area contributed by atoms with Crippen LogP contribution in [0.3, 0.4) is 0 Å². The molecule has 2 aromatic carbocycles. The number of carbonyl (C=O) groups is 1. The molecule has 1 fully saturated rings. The monoisotopic (exact) mass is 411 g/mol. The Morgan fingerprint density at radius 3 is 1.94 bits per heavy atom. The fourth-order valence-corrected chi connectivity index (χ4v) is 5.77. The van der Waals surface area contributed by atoms with Crippen LogP contribution in [0.1, 0.15) is 91.0 Å². The van der Waals surface area contributed by atoms with Gasteiger partial charge in [0.25, 0.3) is 0 Å². The van der Waals surface area contributed by atoms with Gasteiger partial charge in [-0.2, -0.15) is 0 Å². The van der Waals surface area contributed by atoms with Crippen LogP contribution in [0.2, 0.25) is 0 Å². The van der Waals surface area contributed by atoms with Crippen LogP contribution in [-0.2, 0) is 12.8 Å². The summed E-state index contributed by atoms with van der Waals surface area (Å²) in [6, 6.07) is 21.2. The second kappa shape index (κ2) is 9.26. The molecule has 1 saturated carbocycles. The summed E-state index contributed by atoms with van der Waals surface area (Å²) in [5, 5.41) is 0. The number of rotatable bonds is 4. The first kappa shape index (κ1) is 20.3. The number of benzene rings is 2. The topological polar surface area (TPSA) is 22.0 Å². The molecule has 0 atom stereocenters. The summed E-state index contributed by atoms with van der Waals surface area (Å²) >= 11 is 0. The second-order valence-electron chi connectivity index (χ2n) is 9.29. The van der Waals surface area contributed by atoms with Crippen molar-refractivity contribution in [1.82, 2.24) is 4.57 Å². The van der Waals surface area contributed by atoms with Gasteiger partial charge in [-0.3, -0.25) is 4.79 Å². The summed E-state index contributed by atoms with van der Waals surface area (Å²) in [6.45, 7) is 0. The standard InChI is InChI=1S/C29H33NO/c31-29(23-16-8-4-9-17-23)28-26-21-13-2-1-12-20-25(26)27(22-14-6-3-7-15-22)30(28)24-18-10-5-11-19-24/h3-4,6-9,14-17,24H,1-2,5,10-13,18-21H2. The van der Waals surface area contributed by atoms with E-state index in [1.807, 2.05) is 30.3 Å². The lowest BCUT2D eigenvalue weighted by Crippen LogP contribution is -2.20. The Balaban J connectivity index is 1.77. The first-order valence-electron chi connectivity index (χ1n) is 12.3. The average molecular weight is 412 g/mol. The van der Waals surface area contributed by atoms with Gasteiger partial charge in [-0.1, -0.05) is 92.8 Å². The quantitative estimate of drug-likeness (QED) is 0.406. The molecule has 0 N–H and O–H groups in total. The van der Waals surface area contributed by atoms with Crippen molar-refractivity contribution in [3.05, 3.63) is 83.0 Å². The van der Waals surface area contributed by atoms with Gasteiger partial charge in [-0.05, 0) is 55.2 Å². The number of nitrogens with zero attached hydrogens (tertiary/aromatic N) is 1. The third-order valence-corrected chi connectivity index (χ3v) is 7.26. The highest BCUT2D eigenvalue weighted by Crippen LogP contribution is 2.42. The van der Waals surface area contributed by atoms with Crippen LogP contribution in [-0.4, -0.2) is 10.4 Å². The highest BCUT2D eigenvalue weighted by atomic mass is 16.1. The minimum Gasteiger partial charge on any atom is -0.334 e. The minimum absolute atomic E-state index is 0.213. The molecule has 3 aromatic rings. The Morgan fingerprint density at radius 1 is 0.677 bits per heavy atom. The number of fused-ring (bicyclic) bond motifs is 1. The average Bonchev–Trinajstić information content (AvgIpc) is 3.13. The van der Waals surface area contributed by atoms with Gasteiger partial charge < -0.3 is 4.57 Å². The van der Waals surface area contributed by atoms with Crippen LogP contribution in [0.25, 0.3) is 11.3 Å². The van der Waals surface area contributed by atoms with E-state index in [1.54, 1.807) is 0 Å². The molecule has 160 valence electrons. The van der Waals surface area contributed by atoms with E-state index in [0.717, 1.165) is 24.1 Å². The van der Waals surface area contributed by atoms with E-state index in [4.69, 9.17) is 0 Å². The van der Waals surface area contributed by atoms with E-state index in [-0.39, 0.29) is 5.78 Å². The van der Waals surface area contributed by atoms with Gasteiger partial charge in [0.2, 0.25) is 5.78 Å². The molecular weight excluding hydrogens is 378 g/mol. The van der Waals surface area contributed by atoms with Crippen LogP contribution < -0.4 is 0 Å². The zero-order valence-corrected chi connectivity index (χ0v) is 18.5. The number of carbonyl (C=O) groups excluding carboxylic acids is 1. The summed E-state index contributed by atoms with van der Waals surface area (Å²) in [5.74, 6) is 0.213. The lowest BCUT2D eigenvalue weighted by molar-refractivity contribution is 0.102. The maximum absolute atomic E-state index is 14.0. The molecule has 0 saturated heterocycles. The van der Waals surface area contributed by atoms with E-state index >= 15 is 0 Å². The van der Waals surface area contributed by atoms with E-state index in [0.29, 0.717) is 6.04 Å².